The van der Waals surface area contributed by atoms with Gasteiger partial charge in [0.05, 0.1) is 10.6 Å². The van der Waals surface area contributed by atoms with Crippen LogP contribution in [0.4, 0.5) is 0 Å². The summed E-state index contributed by atoms with van der Waals surface area (Å²) in [6, 6.07) is 9.58. The molecule has 78 valence electrons. The molecular formula is C11H12N2OS. The van der Waals surface area contributed by atoms with Crippen LogP contribution in [0.3, 0.4) is 0 Å². The molecule has 1 N–H and O–H groups in total. The molecule has 15 heavy (non-hydrogen) atoms. The Bertz CT molecular complexity index is 427. The lowest BCUT2D eigenvalue weighted by Crippen LogP contribution is -2.00. The Hall–Kier alpha value is -1.26. The number of aryl methyl sites for hydroxylation is 1. The Morgan fingerprint density at radius 2 is 2.07 bits per heavy atom. The van der Waals surface area contributed by atoms with Gasteiger partial charge >= 0.3 is 0 Å². The molecule has 1 aromatic carbocycles. The van der Waals surface area contributed by atoms with Crippen molar-refractivity contribution < 1.29 is 5.11 Å². The van der Waals surface area contributed by atoms with Gasteiger partial charge < -0.3 is 5.11 Å². The zero-order chi connectivity index (χ0) is 10.7. The van der Waals surface area contributed by atoms with Gasteiger partial charge in [-0.15, -0.1) is 5.10 Å². The van der Waals surface area contributed by atoms with Gasteiger partial charge in [0.1, 0.15) is 6.10 Å². The summed E-state index contributed by atoms with van der Waals surface area (Å²) >= 11 is 1.27. The van der Waals surface area contributed by atoms with Crippen molar-refractivity contribution >= 4 is 11.5 Å². The van der Waals surface area contributed by atoms with Crippen LogP contribution in [-0.4, -0.2) is 14.7 Å². The molecule has 0 saturated carbocycles. The summed E-state index contributed by atoms with van der Waals surface area (Å²) in [5.41, 5.74) is 1.77. The van der Waals surface area contributed by atoms with Gasteiger partial charge in [0.25, 0.3) is 0 Å². The van der Waals surface area contributed by atoms with Gasteiger partial charge in [0, 0.05) is 0 Å². The van der Waals surface area contributed by atoms with E-state index >= 15 is 0 Å². The Morgan fingerprint density at radius 1 is 1.33 bits per heavy atom. The maximum Gasteiger partial charge on any atom is 0.117 e. The number of nitrogens with zero attached hydrogens (tertiary/aromatic N) is 2. The standard InChI is InChI=1S/C11H12N2OS/c1-2-9-11(15-13-12-9)10(14)8-6-4-3-5-7-8/h3-7,10,14H,2H2,1H3. The smallest absolute Gasteiger partial charge is 0.117 e. The van der Waals surface area contributed by atoms with E-state index in [4.69, 9.17) is 0 Å². The average molecular weight is 220 g/mol. The molecule has 3 nitrogen and oxygen atoms in total. The lowest BCUT2D eigenvalue weighted by atomic mass is 10.1. The molecule has 1 atom stereocenters. The SMILES string of the molecule is CCc1nnsc1C(O)c1ccccc1. The van der Waals surface area contributed by atoms with Crippen molar-refractivity contribution in [3.63, 3.8) is 0 Å². The second kappa shape index (κ2) is 4.51. The van der Waals surface area contributed by atoms with Crippen molar-refractivity contribution in [3.05, 3.63) is 46.5 Å². The van der Waals surface area contributed by atoms with Crippen LogP contribution in [0.15, 0.2) is 30.3 Å². The fraction of sp³-hybridized carbons (Fsp3) is 0.273. The summed E-state index contributed by atoms with van der Waals surface area (Å²) in [5, 5.41) is 14.1. The third kappa shape index (κ3) is 2.06. The molecule has 0 fully saturated rings. The number of hydrogen-bond donors (Lipinski definition) is 1. The van der Waals surface area contributed by atoms with Crippen LogP contribution in [0.5, 0.6) is 0 Å². The summed E-state index contributed by atoms with van der Waals surface area (Å²) < 4.78 is 3.87. The molecular weight excluding hydrogens is 208 g/mol. The maximum atomic E-state index is 10.1. The van der Waals surface area contributed by atoms with Gasteiger partial charge in [0.2, 0.25) is 0 Å². The minimum Gasteiger partial charge on any atom is -0.383 e. The predicted octanol–water partition coefficient (Wildman–Crippen LogP) is 2.18. The number of hydrogen-bond acceptors (Lipinski definition) is 4. The van der Waals surface area contributed by atoms with E-state index < -0.39 is 6.10 Å². The van der Waals surface area contributed by atoms with Gasteiger partial charge in [-0.05, 0) is 23.5 Å². The van der Waals surface area contributed by atoms with Crippen molar-refractivity contribution in [2.24, 2.45) is 0 Å². The van der Waals surface area contributed by atoms with Crippen LogP contribution in [0.25, 0.3) is 0 Å². The quantitative estimate of drug-likeness (QED) is 0.862. The first kappa shape index (κ1) is 10.3. The predicted molar refractivity (Wildman–Crippen MR) is 59.8 cm³/mol. The highest BCUT2D eigenvalue weighted by atomic mass is 32.1. The van der Waals surface area contributed by atoms with Gasteiger partial charge in [-0.1, -0.05) is 41.7 Å². The van der Waals surface area contributed by atoms with Crippen LogP contribution in [0.2, 0.25) is 0 Å². The van der Waals surface area contributed by atoms with Gasteiger partial charge in [-0.2, -0.15) is 0 Å². The lowest BCUT2D eigenvalue weighted by Gasteiger charge is -2.08. The summed E-state index contributed by atoms with van der Waals surface area (Å²) in [6.45, 7) is 2.01. The van der Waals surface area contributed by atoms with Crippen molar-refractivity contribution in [2.45, 2.75) is 19.4 Å². The van der Waals surface area contributed by atoms with E-state index in [1.807, 2.05) is 37.3 Å². The van der Waals surface area contributed by atoms with Crippen molar-refractivity contribution in [2.75, 3.05) is 0 Å². The maximum absolute atomic E-state index is 10.1. The minimum atomic E-state index is -0.596. The second-order valence-corrected chi connectivity index (χ2v) is 4.04. The third-order valence-corrected chi connectivity index (χ3v) is 3.10. The second-order valence-electron chi connectivity index (χ2n) is 3.25. The zero-order valence-electron chi connectivity index (χ0n) is 8.42. The van der Waals surface area contributed by atoms with Crippen LogP contribution < -0.4 is 0 Å². The van der Waals surface area contributed by atoms with E-state index in [0.29, 0.717) is 0 Å². The highest BCUT2D eigenvalue weighted by Crippen LogP contribution is 2.26. The molecule has 0 aliphatic heterocycles. The Labute approximate surface area is 92.6 Å². The number of aromatic nitrogens is 2. The normalized spacial score (nSPS) is 12.7. The number of aliphatic hydroxyl groups is 1. The lowest BCUT2D eigenvalue weighted by molar-refractivity contribution is 0.223. The third-order valence-electron chi connectivity index (χ3n) is 2.28. The van der Waals surface area contributed by atoms with Gasteiger partial charge in [-0.25, -0.2) is 0 Å². The van der Waals surface area contributed by atoms with Crippen molar-refractivity contribution in [3.8, 4) is 0 Å². The van der Waals surface area contributed by atoms with Crippen LogP contribution in [-0.2, 0) is 6.42 Å². The summed E-state index contributed by atoms with van der Waals surface area (Å²) in [6.07, 6.45) is 0.205. The molecule has 0 aliphatic carbocycles. The Kier molecular flexibility index (Phi) is 3.08. The fourth-order valence-corrected chi connectivity index (χ4v) is 2.21. The molecule has 0 bridgehead atoms. The molecule has 1 heterocycles. The van der Waals surface area contributed by atoms with E-state index in [9.17, 15) is 5.11 Å². The fourth-order valence-electron chi connectivity index (χ4n) is 1.46. The zero-order valence-corrected chi connectivity index (χ0v) is 9.24. The number of rotatable bonds is 3. The molecule has 0 aliphatic rings. The summed E-state index contributed by atoms with van der Waals surface area (Å²) in [7, 11) is 0. The highest BCUT2D eigenvalue weighted by molar-refractivity contribution is 7.05. The summed E-state index contributed by atoms with van der Waals surface area (Å²) in [4.78, 5) is 0.851. The first-order valence-electron chi connectivity index (χ1n) is 4.87. The first-order valence-corrected chi connectivity index (χ1v) is 5.64. The minimum absolute atomic E-state index is 0.596. The molecule has 0 spiro atoms. The van der Waals surface area contributed by atoms with E-state index in [1.54, 1.807) is 0 Å². The van der Waals surface area contributed by atoms with Gasteiger partial charge in [0.15, 0.2) is 0 Å². The monoisotopic (exact) mass is 220 g/mol. The molecule has 0 radical (unpaired) electrons. The molecule has 1 aromatic heterocycles. The van der Waals surface area contributed by atoms with E-state index in [1.165, 1.54) is 11.5 Å². The number of aliphatic hydroxyl groups excluding tert-OH is 1. The van der Waals surface area contributed by atoms with Crippen LogP contribution >= 0.6 is 11.5 Å². The van der Waals surface area contributed by atoms with E-state index in [0.717, 1.165) is 22.6 Å². The van der Waals surface area contributed by atoms with Gasteiger partial charge in [-0.3, -0.25) is 0 Å². The topological polar surface area (TPSA) is 46.0 Å². The highest BCUT2D eigenvalue weighted by Gasteiger charge is 2.17. The Morgan fingerprint density at radius 3 is 2.73 bits per heavy atom. The van der Waals surface area contributed by atoms with E-state index in [2.05, 4.69) is 9.59 Å². The average Bonchev–Trinajstić information content (AvgIpc) is 2.77. The first-order chi connectivity index (χ1) is 7.33. The molecule has 2 rings (SSSR count). The molecule has 2 aromatic rings. The Balaban J connectivity index is 2.32. The van der Waals surface area contributed by atoms with E-state index in [-0.39, 0.29) is 0 Å². The summed E-state index contributed by atoms with van der Waals surface area (Å²) in [5.74, 6) is 0. The number of benzene rings is 1. The molecule has 1 unspecified atom stereocenters. The molecule has 0 saturated heterocycles. The van der Waals surface area contributed by atoms with Crippen LogP contribution in [0.1, 0.15) is 29.2 Å². The molecule has 4 heteroatoms. The van der Waals surface area contributed by atoms with Crippen molar-refractivity contribution in [1.29, 1.82) is 0 Å². The largest absolute Gasteiger partial charge is 0.383 e. The van der Waals surface area contributed by atoms with Crippen molar-refractivity contribution in [1.82, 2.24) is 9.59 Å². The molecule has 0 amide bonds. The van der Waals surface area contributed by atoms with Crippen LogP contribution in [0, 0.1) is 0 Å².